The van der Waals surface area contributed by atoms with Crippen molar-refractivity contribution in [2.75, 3.05) is 5.32 Å². The van der Waals surface area contributed by atoms with Gasteiger partial charge in [0, 0.05) is 29.4 Å². The maximum Gasteiger partial charge on any atom is 0.251 e. The SMILES string of the molecule is O=C(NC1CC2CCCC(C1)N2C(=S)Nc1ccccc1)c1cccc(F)c1. The van der Waals surface area contributed by atoms with Gasteiger partial charge in [-0.25, -0.2) is 4.39 Å². The molecule has 0 saturated carbocycles. The number of carbonyl (C=O) groups excluding carboxylic acids is 1. The van der Waals surface area contributed by atoms with Gasteiger partial charge in [-0.3, -0.25) is 4.79 Å². The lowest BCUT2D eigenvalue weighted by atomic mass is 9.82. The van der Waals surface area contributed by atoms with E-state index >= 15 is 0 Å². The van der Waals surface area contributed by atoms with Crippen molar-refractivity contribution >= 4 is 28.9 Å². The standard InChI is InChI=1S/C22H24FN3OS/c23-16-7-4-6-15(12-16)21(27)24-18-13-19-10-5-11-20(14-18)26(19)22(28)25-17-8-2-1-3-9-17/h1-4,6-9,12,18-20H,5,10-11,13-14H2,(H,24,27)(H,25,28). The Hall–Kier alpha value is -2.47. The summed E-state index contributed by atoms with van der Waals surface area (Å²) in [5.74, 6) is -0.599. The van der Waals surface area contributed by atoms with Crippen LogP contribution in [0.25, 0.3) is 0 Å². The first-order valence-electron chi connectivity index (χ1n) is 9.81. The van der Waals surface area contributed by atoms with E-state index in [1.165, 1.54) is 18.6 Å². The van der Waals surface area contributed by atoms with E-state index < -0.39 is 5.82 Å². The zero-order valence-corrected chi connectivity index (χ0v) is 16.4. The van der Waals surface area contributed by atoms with E-state index in [4.69, 9.17) is 12.2 Å². The Morgan fingerprint density at radius 1 is 1.04 bits per heavy atom. The topological polar surface area (TPSA) is 44.4 Å². The van der Waals surface area contributed by atoms with Crippen LogP contribution in [0, 0.1) is 5.82 Å². The molecular formula is C22H24FN3OS. The number of fused-ring (bicyclic) bond motifs is 2. The zero-order chi connectivity index (χ0) is 19.5. The van der Waals surface area contributed by atoms with Crippen molar-refractivity contribution < 1.29 is 9.18 Å². The van der Waals surface area contributed by atoms with Gasteiger partial charge in [0.25, 0.3) is 5.91 Å². The van der Waals surface area contributed by atoms with Gasteiger partial charge in [-0.1, -0.05) is 24.3 Å². The van der Waals surface area contributed by atoms with E-state index in [1.54, 1.807) is 12.1 Å². The molecule has 2 unspecified atom stereocenters. The smallest absolute Gasteiger partial charge is 0.251 e. The third-order valence-corrected chi connectivity index (χ3v) is 5.97. The molecule has 2 aliphatic heterocycles. The molecule has 2 fully saturated rings. The van der Waals surface area contributed by atoms with Gasteiger partial charge in [0.1, 0.15) is 5.82 Å². The third-order valence-electron chi connectivity index (χ3n) is 5.66. The Bertz CT molecular complexity index is 846. The summed E-state index contributed by atoms with van der Waals surface area (Å²) in [6.07, 6.45) is 5.03. The van der Waals surface area contributed by atoms with Crippen molar-refractivity contribution in [3.05, 3.63) is 66.0 Å². The van der Waals surface area contributed by atoms with Crippen LogP contribution in [0.2, 0.25) is 0 Å². The summed E-state index contributed by atoms with van der Waals surface area (Å²) in [5, 5.41) is 7.22. The Morgan fingerprint density at radius 3 is 2.43 bits per heavy atom. The Labute approximate surface area is 170 Å². The van der Waals surface area contributed by atoms with Crippen LogP contribution in [0.4, 0.5) is 10.1 Å². The predicted molar refractivity (Wildman–Crippen MR) is 113 cm³/mol. The third kappa shape index (κ3) is 4.17. The number of hydrogen-bond donors (Lipinski definition) is 2. The molecule has 0 aromatic heterocycles. The highest BCUT2D eigenvalue weighted by molar-refractivity contribution is 7.80. The fourth-order valence-corrected chi connectivity index (χ4v) is 4.85. The molecule has 28 heavy (non-hydrogen) atoms. The van der Waals surface area contributed by atoms with Crippen LogP contribution < -0.4 is 10.6 Å². The molecule has 2 N–H and O–H groups in total. The number of nitrogens with zero attached hydrogens (tertiary/aromatic N) is 1. The minimum absolute atomic E-state index is 0.0850. The fraction of sp³-hybridized carbons (Fsp3) is 0.364. The van der Waals surface area contributed by atoms with Gasteiger partial charge >= 0.3 is 0 Å². The minimum Gasteiger partial charge on any atom is -0.349 e. The summed E-state index contributed by atoms with van der Waals surface area (Å²) in [6.45, 7) is 0. The van der Waals surface area contributed by atoms with Crippen molar-refractivity contribution in [3.8, 4) is 0 Å². The van der Waals surface area contributed by atoms with Gasteiger partial charge in [-0.2, -0.15) is 0 Å². The van der Waals surface area contributed by atoms with Gasteiger partial charge in [-0.05, 0) is 74.7 Å². The molecule has 2 aromatic carbocycles. The maximum atomic E-state index is 13.4. The average Bonchev–Trinajstić information content (AvgIpc) is 2.68. The van der Waals surface area contributed by atoms with Gasteiger partial charge in [-0.15, -0.1) is 0 Å². The summed E-state index contributed by atoms with van der Waals surface area (Å²) in [6, 6.07) is 16.5. The van der Waals surface area contributed by atoms with Gasteiger partial charge in [0.2, 0.25) is 0 Å². The molecule has 2 aromatic rings. The second-order valence-electron chi connectivity index (χ2n) is 7.59. The first-order chi connectivity index (χ1) is 13.6. The second-order valence-corrected chi connectivity index (χ2v) is 7.98. The van der Waals surface area contributed by atoms with Crippen LogP contribution in [-0.4, -0.2) is 34.0 Å². The number of hydrogen-bond acceptors (Lipinski definition) is 2. The fourth-order valence-electron chi connectivity index (χ4n) is 4.44. The van der Waals surface area contributed by atoms with E-state index in [0.717, 1.165) is 36.5 Å². The molecule has 2 atom stereocenters. The van der Waals surface area contributed by atoms with Crippen molar-refractivity contribution in [1.82, 2.24) is 10.2 Å². The first-order valence-corrected chi connectivity index (χ1v) is 10.2. The summed E-state index contributed by atoms with van der Waals surface area (Å²) >= 11 is 5.71. The number of para-hydroxylation sites is 1. The minimum atomic E-state index is -0.392. The molecule has 4 rings (SSSR count). The van der Waals surface area contributed by atoms with Crippen LogP contribution in [0.3, 0.4) is 0 Å². The predicted octanol–water partition coefficient (Wildman–Crippen LogP) is 4.34. The summed E-state index contributed by atoms with van der Waals surface area (Å²) in [7, 11) is 0. The van der Waals surface area contributed by atoms with Crippen LogP contribution in [0.15, 0.2) is 54.6 Å². The van der Waals surface area contributed by atoms with Crippen molar-refractivity contribution in [3.63, 3.8) is 0 Å². The molecule has 0 spiro atoms. The highest BCUT2D eigenvalue weighted by atomic mass is 32.1. The molecule has 146 valence electrons. The molecule has 6 heteroatoms. The Morgan fingerprint density at radius 2 is 1.75 bits per heavy atom. The number of piperidine rings is 2. The highest BCUT2D eigenvalue weighted by Gasteiger charge is 2.40. The Kier molecular flexibility index (Phi) is 5.57. The lowest BCUT2D eigenvalue weighted by Gasteiger charge is -2.50. The number of benzene rings is 2. The molecule has 1 amide bonds. The molecular weight excluding hydrogens is 373 g/mol. The van der Waals surface area contributed by atoms with Gasteiger partial charge in [0.15, 0.2) is 5.11 Å². The molecule has 2 heterocycles. The number of nitrogens with one attached hydrogen (secondary N) is 2. The highest BCUT2D eigenvalue weighted by Crippen LogP contribution is 2.34. The van der Waals surface area contributed by atoms with E-state index in [2.05, 4.69) is 15.5 Å². The largest absolute Gasteiger partial charge is 0.349 e. The van der Waals surface area contributed by atoms with Crippen LogP contribution in [-0.2, 0) is 0 Å². The van der Waals surface area contributed by atoms with Crippen LogP contribution in [0.1, 0.15) is 42.5 Å². The van der Waals surface area contributed by atoms with E-state index in [9.17, 15) is 9.18 Å². The quantitative estimate of drug-likeness (QED) is 0.757. The van der Waals surface area contributed by atoms with Gasteiger partial charge in [0.05, 0.1) is 0 Å². The molecule has 4 nitrogen and oxygen atoms in total. The average molecular weight is 398 g/mol. The summed E-state index contributed by atoms with van der Waals surface area (Å²) < 4.78 is 13.4. The number of thiocarbonyl (C=S) groups is 1. The number of halogens is 1. The monoisotopic (exact) mass is 397 g/mol. The van der Waals surface area contributed by atoms with Crippen molar-refractivity contribution in [2.45, 2.75) is 50.2 Å². The lowest BCUT2D eigenvalue weighted by Crippen LogP contribution is -2.59. The summed E-state index contributed by atoms with van der Waals surface area (Å²) in [4.78, 5) is 14.8. The lowest BCUT2D eigenvalue weighted by molar-refractivity contribution is 0.0755. The van der Waals surface area contributed by atoms with Gasteiger partial charge < -0.3 is 15.5 Å². The molecule has 2 bridgehead atoms. The normalized spacial score (nSPS) is 23.8. The van der Waals surface area contributed by atoms with Crippen molar-refractivity contribution in [1.29, 1.82) is 0 Å². The second kappa shape index (κ2) is 8.27. The number of rotatable bonds is 3. The van der Waals surface area contributed by atoms with Crippen LogP contribution >= 0.6 is 12.2 Å². The molecule has 2 saturated heterocycles. The van der Waals surface area contributed by atoms with E-state index in [-0.39, 0.29) is 11.9 Å². The number of anilines is 1. The van der Waals surface area contributed by atoms with Crippen LogP contribution in [0.5, 0.6) is 0 Å². The van der Waals surface area contributed by atoms with Crippen molar-refractivity contribution in [2.24, 2.45) is 0 Å². The van der Waals surface area contributed by atoms with E-state index in [1.807, 2.05) is 30.3 Å². The number of carbonyl (C=O) groups is 1. The Balaban J connectivity index is 1.42. The molecule has 2 aliphatic rings. The molecule has 0 radical (unpaired) electrons. The summed E-state index contributed by atoms with van der Waals surface area (Å²) in [5.41, 5.74) is 1.36. The maximum absolute atomic E-state index is 13.4. The number of amides is 1. The molecule has 0 aliphatic carbocycles. The zero-order valence-electron chi connectivity index (χ0n) is 15.6. The first kappa shape index (κ1) is 18.9. The van der Waals surface area contributed by atoms with E-state index in [0.29, 0.717) is 17.6 Å².